The summed E-state index contributed by atoms with van der Waals surface area (Å²) in [6.07, 6.45) is 8.49. The first-order valence-corrected chi connectivity index (χ1v) is 8.25. The van der Waals surface area contributed by atoms with Crippen LogP contribution in [0.3, 0.4) is 0 Å². The van der Waals surface area contributed by atoms with E-state index in [1.54, 1.807) is 12.3 Å². The van der Waals surface area contributed by atoms with E-state index in [2.05, 4.69) is 26.6 Å². The minimum Gasteiger partial charge on any atom is -0.356 e. The quantitative estimate of drug-likeness (QED) is 0.197. The highest BCUT2D eigenvalue weighted by Gasteiger charge is 2.03. The number of benzene rings is 1. The van der Waals surface area contributed by atoms with Crippen LogP contribution in [0.25, 0.3) is 11.3 Å². The van der Waals surface area contributed by atoms with Crippen molar-refractivity contribution in [2.24, 2.45) is 4.99 Å². The number of hydrogen-bond acceptors (Lipinski definition) is 4. The van der Waals surface area contributed by atoms with Crippen molar-refractivity contribution in [2.75, 3.05) is 13.1 Å². The lowest BCUT2D eigenvalue weighted by Crippen LogP contribution is -2.35. The molecule has 0 saturated heterocycles. The molecule has 2 aromatic rings. The average Bonchev–Trinajstić information content (AvgIpc) is 2.67. The third-order valence-electron chi connectivity index (χ3n) is 3.53. The molecule has 0 amide bonds. The minimum absolute atomic E-state index is 0.125. The number of nitrogens with zero attached hydrogens (tertiary/aromatic N) is 4. The Labute approximate surface area is 152 Å². The van der Waals surface area contributed by atoms with E-state index >= 15 is 0 Å². The third-order valence-corrected chi connectivity index (χ3v) is 3.53. The summed E-state index contributed by atoms with van der Waals surface area (Å²) >= 11 is 0. The maximum absolute atomic E-state index is 12.0. The van der Waals surface area contributed by atoms with Crippen LogP contribution in [-0.4, -0.2) is 28.8 Å². The van der Waals surface area contributed by atoms with Gasteiger partial charge in [-0.3, -0.25) is 10.1 Å². The molecule has 0 aliphatic heterocycles. The summed E-state index contributed by atoms with van der Waals surface area (Å²) in [5.74, 6) is 2.73. The molecule has 26 heavy (non-hydrogen) atoms. The SMILES string of the molecule is C#CC/N=C(\NC#N)NCCCCn1nc(-c2ccccc2)ccc1=O. The van der Waals surface area contributed by atoms with Gasteiger partial charge in [0.15, 0.2) is 6.19 Å². The predicted octanol–water partition coefficient (Wildman–Crippen LogP) is 1.34. The van der Waals surface area contributed by atoms with Crippen molar-refractivity contribution in [3.05, 3.63) is 52.8 Å². The molecule has 1 aromatic heterocycles. The molecule has 0 saturated carbocycles. The van der Waals surface area contributed by atoms with Gasteiger partial charge in [0.25, 0.3) is 5.56 Å². The van der Waals surface area contributed by atoms with Crippen LogP contribution in [0.15, 0.2) is 52.3 Å². The zero-order valence-corrected chi connectivity index (χ0v) is 14.4. The largest absolute Gasteiger partial charge is 0.356 e. The van der Waals surface area contributed by atoms with Gasteiger partial charge >= 0.3 is 0 Å². The predicted molar refractivity (Wildman–Crippen MR) is 101 cm³/mol. The van der Waals surface area contributed by atoms with Crippen molar-refractivity contribution in [3.63, 3.8) is 0 Å². The summed E-state index contributed by atoms with van der Waals surface area (Å²) in [7, 11) is 0. The second-order valence-electron chi connectivity index (χ2n) is 5.39. The Balaban J connectivity index is 1.87. The summed E-state index contributed by atoms with van der Waals surface area (Å²) in [6.45, 7) is 1.32. The molecule has 0 unspecified atom stereocenters. The molecule has 0 radical (unpaired) electrons. The van der Waals surface area contributed by atoms with Crippen LogP contribution in [0.2, 0.25) is 0 Å². The first-order valence-electron chi connectivity index (χ1n) is 8.25. The number of guanidine groups is 1. The monoisotopic (exact) mass is 348 g/mol. The normalized spacial score (nSPS) is 10.6. The number of aliphatic imine (C=N–C) groups is 1. The Morgan fingerprint density at radius 2 is 2.04 bits per heavy atom. The lowest BCUT2D eigenvalue weighted by Gasteiger charge is -2.09. The van der Waals surface area contributed by atoms with E-state index in [4.69, 9.17) is 11.7 Å². The number of unbranched alkanes of at least 4 members (excludes halogenated alkanes) is 1. The minimum atomic E-state index is -0.125. The summed E-state index contributed by atoms with van der Waals surface area (Å²) < 4.78 is 1.48. The Bertz CT molecular complexity index is 873. The molecule has 1 aromatic carbocycles. The van der Waals surface area contributed by atoms with Crippen LogP contribution in [0.4, 0.5) is 0 Å². The molecule has 0 aliphatic rings. The van der Waals surface area contributed by atoms with E-state index in [-0.39, 0.29) is 12.1 Å². The number of nitriles is 1. The number of hydrogen-bond donors (Lipinski definition) is 2. The fourth-order valence-corrected chi connectivity index (χ4v) is 2.28. The lowest BCUT2D eigenvalue weighted by molar-refractivity contribution is 0.531. The highest BCUT2D eigenvalue weighted by molar-refractivity contribution is 5.81. The molecule has 132 valence electrons. The lowest BCUT2D eigenvalue weighted by atomic mass is 10.1. The van der Waals surface area contributed by atoms with E-state index in [1.165, 1.54) is 10.7 Å². The molecule has 0 atom stereocenters. The first kappa shape index (κ1) is 18.8. The summed E-state index contributed by atoms with van der Waals surface area (Å²) in [4.78, 5) is 16.0. The van der Waals surface area contributed by atoms with Gasteiger partial charge in [-0.05, 0) is 18.9 Å². The molecule has 0 aliphatic carbocycles. The van der Waals surface area contributed by atoms with Crippen molar-refractivity contribution < 1.29 is 0 Å². The van der Waals surface area contributed by atoms with Gasteiger partial charge in [-0.1, -0.05) is 36.3 Å². The highest BCUT2D eigenvalue weighted by atomic mass is 16.1. The molecule has 0 spiro atoms. The molecule has 7 heteroatoms. The van der Waals surface area contributed by atoms with Crippen molar-refractivity contribution in [1.82, 2.24) is 20.4 Å². The fourth-order valence-electron chi connectivity index (χ4n) is 2.28. The zero-order chi connectivity index (χ0) is 18.6. The molecule has 0 bridgehead atoms. The Morgan fingerprint density at radius 3 is 2.77 bits per heavy atom. The average molecular weight is 348 g/mol. The number of rotatable bonds is 7. The molecule has 0 fully saturated rings. The second-order valence-corrected chi connectivity index (χ2v) is 5.39. The van der Waals surface area contributed by atoms with Crippen molar-refractivity contribution in [2.45, 2.75) is 19.4 Å². The maximum Gasteiger partial charge on any atom is 0.266 e. The number of nitrogens with one attached hydrogen (secondary N) is 2. The van der Waals surface area contributed by atoms with Crippen molar-refractivity contribution in [1.29, 1.82) is 5.26 Å². The highest BCUT2D eigenvalue weighted by Crippen LogP contribution is 2.13. The second kappa shape index (κ2) is 10.3. The maximum atomic E-state index is 12.0. The Hall–Kier alpha value is -3.58. The number of aryl methyl sites for hydroxylation is 1. The van der Waals surface area contributed by atoms with Gasteiger partial charge < -0.3 is 5.32 Å². The van der Waals surface area contributed by atoms with Gasteiger partial charge in [0.1, 0.15) is 6.54 Å². The zero-order valence-electron chi connectivity index (χ0n) is 14.4. The van der Waals surface area contributed by atoms with Crippen molar-refractivity contribution >= 4 is 5.96 Å². The van der Waals surface area contributed by atoms with E-state index < -0.39 is 0 Å². The van der Waals surface area contributed by atoms with Gasteiger partial charge in [-0.15, -0.1) is 6.42 Å². The van der Waals surface area contributed by atoms with Gasteiger partial charge in [-0.2, -0.15) is 10.4 Å². The van der Waals surface area contributed by atoms with Gasteiger partial charge in [-0.25, -0.2) is 9.67 Å². The molecule has 7 nitrogen and oxygen atoms in total. The van der Waals surface area contributed by atoms with Crippen LogP contribution >= 0.6 is 0 Å². The Morgan fingerprint density at radius 1 is 1.23 bits per heavy atom. The summed E-state index contributed by atoms with van der Waals surface area (Å²) in [5.41, 5.74) is 1.62. The van der Waals surface area contributed by atoms with E-state index in [0.29, 0.717) is 19.0 Å². The van der Waals surface area contributed by atoms with Crippen LogP contribution in [0, 0.1) is 23.8 Å². The van der Waals surface area contributed by atoms with Gasteiger partial charge in [0.05, 0.1) is 5.69 Å². The van der Waals surface area contributed by atoms with Gasteiger partial charge in [0, 0.05) is 24.7 Å². The van der Waals surface area contributed by atoms with E-state index in [0.717, 1.165) is 24.1 Å². The standard InChI is InChI=1S/C19H20N6O/c1-2-12-21-19(23-15-20)22-13-6-7-14-25-18(26)11-10-17(24-25)16-8-4-3-5-9-16/h1,3-5,8-11H,6-7,12-14H2,(H2,21,22,23). The third kappa shape index (κ3) is 5.81. The van der Waals surface area contributed by atoms with Crippen LogP contribution < -0.4 is 16.2 Å². The topological polar surface area (TPSA) is 95.1 Å². The summed E-state index contributed by atoms with van der Waals surface area (Å²) in [6, 6.07) is 13.0. The smallest absolute Gasteiger partial charge is 0.266 e. The number of aromatic nitrogens is 2. The van der Waals surface area contributed by atoms with Crippen molar-refractivity contribution in [3.8, 4) is 29.8 Å². The van der Waals surface area contributed by atoms with E-state index in [1.807, 2.05) is 30.3 Å². The first-order chi connectivity index (χ1) is 12.7. The van der Waals surface area contributed by atoms with Crippen LogP contribution in [0.5, 0.6) is 0 Å². The molecule has 2 N–H and O–H groups in total. The molecular formula is C19H20N6O. The van der Waals surface area contributed by atoms with Gasteiger partial charge in [0.2, 0.25) is 5.96 Å². The fraction of sp³-hybridized carbons (Fsp3) is 0.263. The van der Waals surface area contributed by atoms with E-state index in [9.17, 15) is 4.79 Å². The molecule has 1 heterocycles. The van der Waals surface area contributed by atoms with Crippen LogP contribution in [-0.2, 0) is 6.54 Å². The summed E-state index contributed by atoms with van der Waals surface area (Å²) in [5, 5.41) is 18.5. The Kier molecular flexibility index (Phi) is 7.44. The molecular weight excluding hydrogens is 328 g/mol. The molecule has 2 rings (SSSR count). The number of terminal acetylenes is 1. The van der Waals surface area contributed by atoms with Crippen LogP contribution in [0.1, 0.15) is 12.8 Å².